The van der Waals surface area contributed by atoms with Gasteiger partial charge >= 0.3 is 11.9 Å². The first kappa shape index (κ1) is 19.6. The molecule has 2 aromatic carbocycles. The largest absolute Gasteiger partial charge is 0.459 e. The second kappa shape index (κ2) is 7.94. The number of fused-ring (bicyclic) bond motifs is 1. The Labute approximate surface area is 168 Å². The van der Waals surface area contributed by atoms with Gasteiger partial charge in [-0.2, -0.15) is 0 Å². The average Bonchev–Trinajstić information content (AvgIpc) is 3.19. The van der Waals surface area contributed by atoms with Crippen molar-refractivity contribution in [1.82, 2.24) is 0 Å². The summed E-state index contributed by atoms with van der Waals surface area (Å²) in [5, 5.41) is 0. The Bertz CT molecular complexity index is 865. The normalized spacial score (nSPS) is 27.2. The van der Waals surface area contributed by atoms with E-state index in [4.69, 9.17) is 23.7 Å². The van der Waals surface area contributed by atoms with Crippen LogP contribution < -0.4 is 0 Å². The van der Waals surface area contributed by atoms with Gasteiger partial charge in [0.2, 0.25) is 0 Å². The van der Waals surface area contributed by atoms with E-state index in [1.54, 1.807) is 62.4 Å². The molecule has 29 heavy (non-hydrogen) atoms. The fourth-order valence-corrected chi connectivity index (χ4v) is 3.40. The molecule has 0 spiro atoms. The van der Waals surface area contributed by atoms with Crippen LogP contribution in [0.2, 0.25) is 0 Å². The lowest BCUT2D eigenvalue weighted by atomic mass is 10.1. The van der Waals surface area contributed by atoms with Crippen molar-refractivity contribution in [3.63, 3.8) is 0 Å². The first-order chi connectivity index (χ1) is 13.9. The predicted molar refractivity (Wildman–Crippen MR) is 101 cm³/mol. The molecule has 0 aromatic heterocycles. The molecule has 0 amide bonds. The van der Waals surface area contributed by atoms with Crippen molar-refractivity contribution in [3.8, 4) is 0 Å². The van der Waals surface area contributed by atoms with E-state index in [1.165, 1.54) is 0 Å². The Balaban J connectivity index is 1.46. The standard InChI is InChI=1S/C22H22O7/c1-22(2)28-18-17(27-20(24)15-11-7-4-8-12-15)16(26-21(18)29-22)13-25-19(23)14-9-5-3-6-10-14/h3-12,16-18,21H,13H2,1-2H3/t16-,17-,18-,21-/m0/s1. The number of rotatable bonds is 5. The SMILES string of the molecule is CC1(C)O[C@@H]2O[C@@H](COC(=O)c3ccccc3)[C@H](OC(=O)c3ccccc3)[C@@H]2O1. The lowest BCUT2D eigenvalue weighted by Crippen LogP contribution is -2.40. The third-order valence-electron chi connectivity index (χ3n) is 4.73. The number of ether oxygens (including phenoxy) is 5. The molecule has 0 saturated carbocycles. The molecule has 0 unspecified atom stereocenters. The molecule has 0 N–H and O–H groups in total. The summed E-state index contributed by atoms with van der Waals surface area (Å²) in [5.41, 5.74) is 0.839. The highest BCUT2D eigenvalue weighted by Gasteiger charge is 2.56. The number of carbonyl (C=O) groups is 2. The van der Waals surface area contributed by atoms with Crippen LogP contribution in [0.3, 0.4) is 0 Å². The number of hydrogen-bond donors (Lipinski definition) is 0. The van der Waals surface area contributed by atoms with Gasteiger partial charge in [-0.3, -0.25) is 0 Å². The molecule has 2 aromatic rings. The number of benzene rings is 2. The van der Waals surface area contributed by atoms with Gasteiger partial charge in [0.15, 0.2) is 24.3 Å². The monoisotopic (exact) mass is 398 g/mol. The second-order valence-electron chi connectivity index (χ2n) is 7.34. The van der Waals surface area contributed by atoms with Crippen molar-refractivity contribution in [2.75, 3.05) is 6.61 Å². The van der Waals surface area contributed by atoms with Gasteiger partial charge in [0.05, 0.1) is 11.1 Å². The number of hydrogen-bond acceptors (Lipinski definition) is 7. The van der Waals surface area contributed by atoms with Gasteiger partial charge in [-0.15, -0.1) is 0 Å². The van der Waals surface area contributed by atoms with Crippen LogP contribution in [0.4, 0.5) is 0 Å². The van der Waals surface area contributed by atoms with Crippen LogP contribution in [-0.4, -0.2) is 48.9 Å². The summed E-state index contributed by atoms with van der Waals surface area (Å²) in [6.45, 7) is 3.42. The maximum Gasteiger partial charge on any atom is 0.338 e. The third kappa shape index (κ3) is 4.32. The topological polar surface area (TPSA) is 80.3 Å². The zero-order valence-corrected chi connectivity index (χ0v) is 16.1. The maximum absolute atomic E-state index is 12.6. The third-order valence-corrected chi connectivity index (χ3v) is 4.73. The summed E-state index contributed by atoms with van der Waals surface area (Å²) in [7, 11) is 0. The van der Waals surface area contributed by atoms with Crippen molar-refractivity contribution in [3.05, 3.63) is 71.8 Å². The minimum Gasteiger partial charge on any atom is -0.459 e. The molecule has 2 fully saturated rings. The van der Waals surface area contributed by atoms with E-state index in [1.807, 2.05) is 12.1 Å². The Morgan fingerprint density at radius 2 is 1.48 bits per heavy atom. The molecule has 0 bridgehead atoms. The summed E-state index contributed by atoms with van der Waals surface area (Å²) in [6, 6.07) is 17.3. The van der Waals surface area contributed by atoms with Gasteiger partial charge in [0, 0.05) is 0 Å². The van der Waals surface area contributed by atoms with E-state index in [0.717, 1.165) is 0 Å². The highest BCUT2D eigenvalue weighted by atomic mass is 16.8. The van der Waals surface area contributed by atoms with Crippen molar-refractivity contribution >= 4 is 11.9 Å². The van der Waals surface area contributed by atoms with E-state index in [0.29, 0.717) is 11.1 Å². The van der Waals surface area contributed by atoms with Gasteiger partial charge in [0.25, 0.3) is 0 Å². The zero-order valence-electron chi connectivity index (χ0n) is 16.1. The number of esters is 2. The maximum atomic E-state index is 12.6. The van der Waals surface area contributed by atoms with Crippen molar-refractivity contribution in [2.45, 2.75) is 44.2 Å². The van der Waals surface area contributed by atoms with Crippen LogP contribution in [-0.2, 0) is 23.7 Å². The average molecular weight is 398 g/mol. The molecule has 2 aliphatic rings. The van der Waals surface area contributed by atoms with Crippen molar-refractivity contribution in [2.24, 2.45) is 0 Å². The molecule has 2 saturated heterocycles. The summed E-state index contributed by atoms with van der Waals surface area (Å²) >= 11 is 0. The molecular weight excluding hydrogens is 376 g/mol. The summed E-state index contributed by atoms with van der Waals surface area (Å²) < 4.78 is 28.5. The van der Waals surface area contributed by atoms with Crippen LogP contribution in [0.5, 0.6) is 0 Å². The fourth-order valence-electron chi connectivity index (χ4n) is 3.40. The van der Waals surface area contributed by atoms with Crippen LogP contribution in [0.15, 0.2) is 60.7 Å². The predicted octanol–water partition coefficient (Wildman–Crippen LogP) is 2.95. The molecule has 2 aliphatic heterocycles. The van der Waals surface area contributed by atoms with Crippen LogP contribution in [0, 0.1) is 0 Å². The first-order valence-electron chi connectivity index (χ1n) is 9.42. The highest BCUT2D eigenvalue weighted by molar-refractivity contribution is 5.90. The van der Waals surface area contributed by atoms with Crippen molar-refractivity contribution < 1.29 is 33.3 Å². The Kier molecular flexibility index (Phi) is 5.36. The number of carbonyl (C=O) groups excluding carboxylic acids is 2. The molecule has 4 atom stereocenters. The van der Waals surface area contributed by atoms with E-state index >= 15 is 0 Å². The molecule has 7 nitrogen and oxygen atoms in total. The van der Waals surface area contributed by atoms with Crippen molar-refractivity contribution in [1.29, 1.82) is 0 Å². The summed E-state index contributed by atoms with van der Waals surface area (Å²) in [5.74, 6) is -1.85. The molecule has 4 rings (SSSR count). The lowest BCUT2D eigenvalue weighted by Gasteiger charge is -2.25. The van der Waals surface area contributed by atoms with E-state index in [2.05, 4.69) is 0 Å². The smallest absolute Gasteiger partial charge is 0.338 e. The Hall–Kier alpha value is -2.74. The molecule has 0 aliphatic carbocycles. The molecule has 7 heteroatoms. The minimum absolute atomic E-state index is 0.0966. The van der Waals surface area contributed by atoms with Crippen LogP contribution in [0.1, 0.15) is 34.6 Å². The van der Waals surface area contributed by atoms with Gasteiger partial charge in [-0.25, -0.2) is 9.59 Å². The molecule has 152 valence electrons. The fraction of sp³-hybridized carbons (Fsp3) is 0.364. The second-order valence-corrected chi connectivity index (χ2v) is 7.34. The molecular formula is C22H22O7. The minimum atomic E-state index is -0.863. The van der Waals surface area contributed by atoms with E-state index in [-0.39, 0.29) is 6.61 Å². The zero-order chi connectivity index (χ0) is 20.4. The first-order valence-corrected chi connectivity index (χ1v) is 9.42. The lowest BCUT2D eigenvalue weighted by molar-refractivity contribution is -0.218. The van der Waals surface area contributed by atoms with Gasteiger partial charge in [-0.05, 0) is 38.1 Å². The van der Waals surface area contributed by atoms with Gasteiger partial charge < -0.3 is 23.7 Å². The van der Waals surface area contributed by atoms with E-state index in [9.17, 15) is 9.59 Å². The van der Waals surface area contributed by atoms with Crippen LogP contribution >= 0.6 is 0 Å². The molecule has 0 radical (unpaired) electrons. The summed E-state index contributed by atoms with van der Waals surface area (Å²) in [4.78, 5) is 24.8. The van der Waals surface area contributed by atoms with Crippen LogP contribution in [0.25, 0.3) is 0 Å². The van der Waals surface area contributed by atoms with Gasteiger partial charge in [-0.1, -0.05) is 36.4 Å². The highest BCUT2D eigenvalue weighted by Crippen LogP contribution is 2.39. The Morgan fingerprint density at radius 1 is 0.897 bits per heavy atom. The summed E-state index contributed by atoms with van der Waals surface area (Å²) in [6.07, 6.45) is -2.81. The Morgan fingerprint density at radius 3 is 2.10 bits per heavy atom. The quantitative estimate of drug-likeness (QED) is 0.717. The van der Waals surface area contributed by atoms with E-state index < -0.39 is 42.3 Å². The molecule has 2 heterocycles. The van der Waals surface area contributed by atoms with Gasteiger partial charge in [0.1, 0.15) is 12.7 Å².